The van der Waals surface area contributed by atoms with Crippen molar-refractivity contribution in [2.75, 3.05) is 0 Å². The molecule has 2 heteroatoms. The third kappa shape index (κ3) is 1.92. The zero-order chi connectivity index (χ0) is 14.1. The summed E-state index contributed by atoms with van der Waals surface area (Å²) in [7, 11) is 0. The molecule has 0 N–H and O–H groups in total. The van der Waals surface area contributed by atoms with Crippen molar-refractivity contribution in [1.82, 2.24) is 0 Å². The summed E-state index contributed by atoms with van der Waals surface area (Å²) in [6.07, 6.45) is 2.48. The second-order valence-corrected chi connectivity index (χ2v) is 7.86. The van der Waals surface area contributed by atoms with Gasteiger partial charge in [0.15, 0.2) is 0 Å². The lowest BCUT2D eigenvalue weighted by atomic mass is 9.60. The van der Waals surface area contributed by atoms with E-state index in [0.29, 0.717) is 5.56 Å². The molecule has 1 nitrogen and oxygen atoms in total. The van der Waals surface area contributed by atoms with Gasteiger partial charge >= 0.3 is 0 Å². The summed E-state index contributed by atoms with van der Waals surface area (Å²) in [6.45, 7) is 11.0. The smallest absolute Gasteiger partial charge is 0.126 e. The highest BCUT2D eigenvalue weighted by molar-refractivity contribution is 5.36. The Morgan fingerprint density at radius 2 is 1.84 bits per heavy atom. The van der Waals surface area contributed by atoms with Gasteiger partial charge in [0.05, 0.1) is 6.10 Å². The van der Waals surface area contributed by atoms with Crippen LogP contribution in [0.1, 0.15) is 51.7 Å². The SMILES string of the molecule is Cc1cc(C23CC(C)(C)CC(C)(C)C2O3)ccc1F. The Kier molecular flexibility index (Phi) is 2.49. The molecular formula is C17H23FO. The molecule has 1 heterocycles. The molecule has 104 valence electrons. The number of fused-ring (bicyclic) bond motifs is 1. The number of halogens is 1. The summed E-state index contributed by atoms with van der Waals surface area (Å²) >= 11 is 0. The molecule has 1 saturated carbocycles. The normalized spacial score (nSPS) is 34.7. The Labute approximate surface area is 115 Å². The van der Waals surface area contributed by atoms with Crippen molar-refractivity contribution in [3.63, 3.8) is 0 Å². The maximum atomic E-state index is 13.5. The van der Waals surface area contributed by atoms with Crippen LogP contribution in [0.15, 0.2) is 18.2 Å². The minimum absolute atomic E-state index is 0.133. The van der Waals surface area contributed by atoms with Crippen LogP contribution in [0, 0.1) is 23.6 Å². The molecule has 0 amide bonds. The van der Waals surface area contributed by atoms with E-state index in [4.69, 9.17) is 4.74 Å². The van der Waals surface area contributed by atoms with Gasteiger partial charge in [0, 0.05) is 0 Å². The van der Waals surface area contributed by atoms with E-state index < -0.39 is 0 Å². The number of aryl methyl sites for hydroxylation is 1. The van der Waals surface area contributed by atoms with E-state index in [9.17, 15) is 4.39 Å². The number of epoxide rings is 1. The molecule has 3 rings (SSSR count). The minimum Gasteiger partial charge on any atom is -0.360 e. The number of hydrogen-bond donors (Lipinski definition) is 0. The van der Waals surface area contributed by atoms with Crippen molar-refractivity contribution < 1.29 is 9.13 Å². The molecule has 1 aliphatic heterocycles. The zero-order valence-electron chi connectivity index (χ0n) is 12.5. The Balaban J connectivity index is 2.03. The van der Waals surface area contributed by atoms with Crippen molar-refractivity contribution >= 4 is 0 Å². The van der Waals surface area contributed by atoms with E-state index in [1.165, 1.54) is 6.42 Å². The summed E-state index contributed by atoms with van der Waals surface area (Å²) in [6, 6.07) is 5.44. The standard InChI is InChI=1S/C17H23FO/c1-11-8-12(6-7-13(11)18)17-10-15(2,3)9-16(4,5)14(17)19-17/h6-8,14H,9-10H2,1-5H3. The fourth-order valence-electron chi connectivity index (χ4n) is 4.43. The molecule has 2 fully saturated rings. The van der Waals surface area contributed by atoms with Gasteiger partial charge in [-0.05, 0) is 47.8 Å². The molecule has 0 spiro atoms. The topological polar surface area (TPSA) is 12.5 Å². The van der Waals surface area contributed by atoms with Crippen molar-refractivity contribution in [2.24, 2.45) is 10.8 Å². The first-order chi connectivity index (χ1) is 8.66. The first-order valence-electron chi connectivity index (χ1n) is 7.11. The van der Waals surface area contributed by atoms with Gasteiger partial charge in [-0.25, -0.2) is 4.39 Å². The van der Waals surface area contributed by atoms with Crippen LogP contribution >= 0.6 is 0 Å². The Hall–Kier alpha value is -0.890. The number of rotatable bonds is 1. The molecule has 2 atom stereocenters. The average Bonchev–Trinajstić information content (AvgIpc) is 2.95. The van der Waals surface area contributed by atoms with Crippen LogP contribution in [0.3, 0.4) is 0 Å². The lowest BCUT2D eigenvalue weighted by Gasteiger charge is -2.41. The van der Waals surface area contributed by atoms with Crippen molar-refractivity contribution in [3.05, 3.63) is 35.1 Å². The van der Waals surface area contributed by atoms with Crippen LogP contribution in [-0.4, -0.2) is 6.10 Å². The summed E-state index contributed by atoms with van der Waals surface area (Å²) < 4.78 is 19.6. The van der Waals surface area contributed by atoms with Gasteiger partial charge in [0.25, 0.3) is 0 Å². The molecule has 0 radical (unpaired) electrons. The minimum atomic E-state index is -0.177. The molecule has 0 bridgehead atoms. The third-order valence-electron chi connectivity index (χ3n) is 4.73. The van der Waals surface area contributed by atoms with Crippen LogP contribution in [-0.2, 0) is 10.3 Å². The van der Waals surface area contributed by atoms with Gasteiger partial charge in [-0.2, -0.15) is 0 Å². The maximum Gasteiger partial charge on any atom is 0.126 e. The fourth-order valence-corrected chi connectivity index (χ4v) is 4.43. The van der Waals surface area contributed by atoms with E-state index in [0.717, 1.165) is 12.0 Å². The second-order valence-electron chi connectivity index (χ2n) is 7.86. The quantitative estimate of drug-likeness (QED) is 0.675. The average molecular weight is 262 g/mol. The summed E-state index contributed by atoms with van der Waals surface area (Å²) in [5.74, 6) is -0.133. The Morgan fingerprint density at radius 1 is 1.16 bits per heavy atom. The summed E-state index contributed by atoms with van der Waals surface area (Å²) in [5.41, 5.74) is 2.13. The van der Waals surface area contributed by atoms with E-state index in [-0.39, 0.29) is 28.4 Å². The molecular weight excluding hydrogens is 239 g/mol. The van der Waals surface area contributed by atoms with Gasteiger partial charge in [-0.15, -0.1) is 0 Å². The first kappa shape index (κ1) is 13.1. The van der Waals surface area contributed by atoms with Crippen LogP contribution in [0.5, 0.6) is 0 Å². The van der Waals surface area contributed by atoms with Crippen LogP contribution < -0.4 is 0 Å². The first-order valence-corrected chi connectivity index (χ1v) is 7.11. The highest BCUT2D eigenvalue weighted by Crippen LogP contribution is 2.66. The zero-order valence-corrected chi connectivity index (χ0v) is 12.5. The van der Waals surface area contributed by atoms with Gasteiger partial charge in [-0.3, -0.25) is 0 Å². The Bertz CT molecular complexity index is 532. The predicted octanol–water partition coefficient (Wildman–Crippen LogP) is 4.57. The van der Waals surface area contributed by atoms with Crippen LogP contribution in [0.25, 0.3) is 0 Å². The van der Waals surface area contributed by atoms with E-state index in [1.807, 2.05) is 19.1 Å². The van der Waals surface area contributed by atoms with E-state index in [1.54, 1.807) is 6.07 Å². The van der Waals surface area contributed by atoms with Gasteiger partial charge in [0.1, 0.15) is 11.4 Å². The van der Waals surface area contributed by atoms with E-state index >= 15 is 0 Å². The molecule has 19 heavy (non-hydrogen) atoms. The molecule has 2 unspecified atom stereocenters. The lowest BCUT2D eigenvalue weighted by Crippen LogP contribution is -2.39. The fraction of sp³-hybridized carbons (Fsp3) is 0.647. The monoisotopic (exact) mass is 262 g/mol. The van der Waals surface area contributed by atoms with Crippen molar-refractivity contribution in [1.29, 1.82) is 0 Å². The Morgan fingerprint density at radius 3 is 2.47 bits per heavy atom. The van der Waals surface area contributed by atoms with Crippen molar-refractivity contribution in [3.8, 4) is 0 Å². The molecule has 2 aliphatic rings. The molecule has 1 aliphatic carbocycles. The van der Waals surface area contributed by atoms with E-state index in [2.05, 4.69) is 27.7 Å². The highest BCUT2D eigenvalue weighted by atomic mass is 19.1. The molecule has 1 aromatic rings. The van der Waals surface area contributed by atoms with Gasteiger partial charge < -0.3 is 4.74 Å². The van der Waals surface area contributed by atoms with Crippen LogP contribution in [0.2, 0.25) is 0 Å². The van der Waals surface area contributed by atoms with Crippen molar-refractivity contribution in [2.45, 2.75) is 59.2 Å². The molecule has 1 aromatic carbocycles. The third-order valence-corrected chi connectivity index (χ3v) is 4.73. The van der Waals surface area contributed by atoms with Gasteiger partial charge in [0.2, 0.25) is 0 Å². The molecule has 1 saturated heterocycles. The van der Waals surface area contributed by atoms with Gasteiger partial charge in [-0.1, -0.05) is 39.8 Å². The lowest BCUT2D eigenvalue weighted by molar-refractivity contribution is 0.116. The predicted molar refractivity (Wildman–Crippen MR) is 74.5 cm³/mol. The second kappa shape index (κ2) is 3.60. The maximum absolute atomic E-state index is 13.5. The highest BCUT2D eigenvalue weighted by Gasteiger charge is 2.68. The number of hydrogen-bond acceptors (Lipinski definition) is 1. The van der Waals surface area contributed by atoms with Crippen LogP contribution in [0.4, 0.5) is 4.39 Å². The largest absolute Gasteiger partial charge is 0.360 e. The summed E-state index contributed by atoms with van der Waals surface area (Å²) in [5, 5.41) is 0. The number of ether oxygens (including phenoxy) is 1. The summed E-state index contributed by atoms with van der Waals surface area (Å²) in [4.78, 5) is 0. The number of benzene rings is 1. The molecule has 0 aromatic heterocycles.